The first kappa shape index (κ1) is 14.2. The van der Waals surface area contributed by atoms with Crippen LogP contribution in [0.25, 0.3) is 0 Å². The van der Waals surface area contributed by atoms with Crippen LogP contribution in [-0.2, 0) is 4.79 Å². The van der Waals surface area contributed by atoms with Gasteiger partial charge in [-0.25, -0.2) is 8.78 Å². The van der Waals surface area contributed by atoms with Crippen LogP contribution in [0.15, 0.2) is 48.5 Å². The lowest BCUT2D eigenvalue weighted by molar-refractivity contribution is -0.109. The molecule has 0 heterocycles. The Morgan fingerprint density at radius 1 is 1.00 bits per heavy atom. The van der Waals surface area contributed by atoms with Gasteiger partial charge in [0.2, 0.25) is 6.41 Å². The normalized spacial score (nSPS) is 10.6. The quantitative estimate of drug-likeness (QED) is 0.636. The fourth-order valence-corrected chi connectivity index (χ4v) is 2.26. The van der Waals surface area contributed by atoms with E-state index in [2.05, 4.69) is 5.32 Å². The van der Waals surface area contributed by atoms with Gasteiger partial charge in [0.05, 0.1) is 0 Å². The Morgan fingerprint density at radius 2 is 1.55 bits per heavy atom. The lowest BCUT2D eigenvalue weighted by Crippen LogP contribution is -2.16. The molecule has 2 nitrogen and oxygen atoms in total. The van der Waals surface area contributed by atoms with Gasteiger partial charge in [-0.2, -0.15) is 0 Å². The summed E-state index contributed by atoms with van der Waals surface area (Å²) < 4.78 is 26.7. The van der Waals surface area contributed by atoms with E-state index in [9.17, 15) is 13.6 Å². The van der Waals surface area contributed by atoms with Crippen molar-refractivity contribution in [3.8, 4) is 0 Å². The van der Waals surface area contributed by atoms with Crippen molar-refractivity contribution in [2.75, 3.05) is 6.54 Å². The number of carbonyl (C=O) groups is 1. The minimum absolute atomic E-state index is 0.158. The highest BCUT2D eigenvalue weighted by molar-refractivity contribution is 5.45. The molecule has 2 aromatic carbocycles. The number of carbonyl (C=O) groups excluding carboxylic acids is 1. The van der Waals surface area contributed by atoms with Crippen LogP contribution in [0.4, 0.5) is 8.78 Å². The summed E-state index contributed by atoms with van der Waals surface area (Å²) in [5, 5.41) is 2.58. The summed E-state index contributed by atoms with van der Waals surface area (Å²) in [5.41, 5.74) is 1.53. The Labute approximate surface area is 116 Å². The summed E-state index contributed by atoms with van der Waals surface area (Å²) in [6.45, 7) is 0.446. The number of amides is 1. The van der Waals surface area contributed by atoms with E-state index in [0.29, 0.717) is 19.4 Å². The second-order valence-corrected chi connectivity index (χ2v) is 4.52. The zero-order valence-corrected chi connectivity index (χ0v) is 10.9. The SMILES string of the molecule is O=CNCCC(c1cccc(F)c1)c1cccc(F)c1. The Kier molecular flexibility index (Phi) is 4.82. The van der Waals surface area contributed by atoms with E-state index < -0.39 is 0 Å². The first-order valence-corrected chi connectivity index (χ1v) is 6.38. The maximum absolute atomic E-state index is 13.4. The second-order valence-electron chi connectivity index (χ2n) is 4.52. The minimum Gasteiger partial charge on any atom is -0.359 e. The highest BCUT2D eigenvalue weighted by atomic mass is 19.1. The third kappa shape index (κ3) is 3.63. The monoisotopic (exact) mass is 275 g/mol. The van der Waals surface area contributed by atoms with Crippen molar-refractivity contribution in [3.05, 3.63) is 71.3 Å². The number of hydrogen-bond donors (Lipinski definition) is 1. The third-order valence-electron chi connectivity index (χ3n) is 3.16. The number of halogens is 2. The number of benzene rings is 2. The van der Waals surface area contributed by atoms with Crippen molar-refractivity contribution in [2.24, 2.45) is 0 Å². The van der Waals surface area contributed by atoms with E-state index in [1.54, 1.807) is 24.3 Å². The standard InChI is InChI=1S/C16H15F2NO/c17-14-5-1-3-12(9-14)16(7-8-19-11-20)13-4-2-6-15(18)10-13/h1-6,9-11,16H,7-8H2,(H,19,20). The third-order valence-corrected chi connectivity index (χ3v) is 3.16. The van der Waals surface area contributed by atoms with Crippen molar-refractivity contribution in [2.45, 2.75) is 12.3 Å². The summed E-state index contributed by atoms with van der Waals surface area (Å²) in [5.74, 6) is -0.812. The molecule has 104 valence electrons. The Balaban J connectivity index is 2.31. The highest BCUT2D eigenvalue weighted by Crippen LogP contribution is 2.28. The molecule has 0 fully saturated rings. The molecule has 0 saturated heterocycles. The van der Waals surface area contributed by atoms with Crippen LogP contribution in [0.3, 0.4) is 0 Å². The Hall–Kier alpha value is -2.23. The van der Waals surface area contributed by atoms with Gasteiger partial charge in [0.1, 0.15) is 11.6 Å². The predicted octanol–water partition coefficient (Wildman–Crippen LogP) is 3.23. The molecule has 0 aromatic heterocycles. The average Bonchev–Trinajstić information content (AvgIpc) is 2.43. The Morgan fingerprint density at radius 3 is 2.00 bits per heavy atom. The van der Waals surface area contributed by atoms with Crippen molar-refractivity contribution in [1.29, 1.82) is 0 Å². The smallest absolute Gasteiger partial charge is 0.207 e. The van der Waals surface area contributed by atoms with Crippen LogP contribution in [-0.4, -0.2) is 13.0 Å². The number of nitrogens with one attached hydrogen (secondary N) is 1. The predicted molar refractivity (Wildman–Crippen MR) is 73.3 cm³/mol. The van der Waals surface area contributed by atoms with Gasteiger partial charge in [-0.1, -0.05) is 24.3 Å². The number of hydrogen-bond acceptors (Lipinski definition) is 1. The van der Waals surface area contributed by atoms with Crippen LogP contribution in [0.5, 0.6) is 0 Å². The van der Waals surface area contributed by atoms with E-state index in [1.807, 2.05) is 0 Å². The maximum atomic E-state index is 13.4. The fourth-order valence-electron chi connectivity index (χ4n) is 2.26. The summed E-state index contributed by atoms with van der Waals surface area (Å²) in [6.07, 6.45) is 1.19. The maximum Gasteiger partial charge on any atom is 0.207 e. The van der Waals surface area contributed by atoms with Gasteiger partial charge in [0.25, 0.3) is 0 Å². The number of rotatable bonds is 6. The molecule has 1 N–H and O–H groups in total. The van der Waals surface area contributed by atoms with E-state index in [4.69, 9.17) is 0 Å². The van der Waals surface area contributed by atoms with E-state index in [0.717, 1.165) is 11.1 Å². The molecule has 0 unspecified atom stereocenters. The minimum atomic E-state index is -0.327. The summed E-state index contributed by atoms with van der Waals surface area (Å²) in [4.78, 5) is 10.3. The van der Waals surface area contributed by atoms with Crippen LogP contribution in [0.2, 0.25) is 0 Å². The van der Waals surface area contributed by atoms with Gasteiger partial charge >= 0.3 is 0 Å². The average molecular weight is 275 g/mol. The summed E-state index contributed by atoms with van der Waals surface area (Å²) in [7, 11) is 0. The van der Waals surface area contributed by atoms with Gasteiger partial charge in [-0.15, -0.1) is 0 Å². The lowest BCUT2D eigenvalue weighted by Gasteiger charge is -2.18. The molecule has 1 amide bonds. The summed E-state index contributed by atoms with van der Waals surface area (Å²) >= 11 is 0. The first-order chi connectivity index (χ1) is 9.70. The van der Waals surface area contributed by atoms with E-state index in [1.165, 1.54) is 24.3 Å². The van der Waals surface area contributed by atoms with Crippen LogP contribution < -0.4 is 5.32 Å². The van der Waals surface area contributed by atoms with E-state index in [-0.39, 0.29) is 17.6 Å². The highest BCUT2D eigenvalue weighted by Gasteiger charge is 2.15. The zero-order chi connectivity index (χ0) is 14.4. The Bertz CT molecular complexity index is 541. The van der Waals surface area contributed by atoms with Crippen molar-refractivity contribution in [3.63, 3.8) is 0 Å². The van der Waals surface area contributed by atoms with Crippen LogP contribution >= 0.6 is 0 Å². The molecular formula is C16H15F2NO. The fraction of sp³-hybridized carbons (Fsp3) is 0.188. The van der Waals surface area contributed by atoms with Gasteiger partial charge in [0.15, 0.2) is 0 Å². The molecule has 0 spiro atoms. The molecule has 0 aliphatic rings. The van der Waals surface area contributed by atoms with Crippen LogP contribution in [0.1, 0.15) is 23.5 Å². The molecular weight excluding hydrogens is 260 g/mol. The molecule has 0 atom stereocenters. The molecule has 0 saturated carbocycles. The van der Waals surface area contributed by atoms with Crippen molar-refractivity contribution < 1.29 is 13.6 Å². The van der Waals surface area contributed by atoms with Gasteiger partial charge < -0.3 is 5.32 Å². The van der Waals surface area contributed by atoms with Gasteiger partial charge in [-0.05, 0) is 41.8 Å². The van der Waals surface area contributed by atoms with Crippen molar-refractivity contribution in [1.82, 2.24) is 5.32 Å². The molecule has 20 heavy (non-hydrogen) atoms. The van der Waals surface area contributed by atoms with Gasteiger partial charge in [-0.3, -0.25) is 4.79 Å². The van der Waals surface area contributed by atoms with E-state index >= 15 is 0 Å². The zero-order valence-electron chi connectivity index (χ0n) is 10.9. The molecule has 0 radical (unpaired) electrons. The van der Waals surface area contributed by atoms with Gasteiger partial charge in [0, 0.05) is 12.5 Å². The molecule has 0 bridgehead atoms. The molecule has 2 aromatic rings. The molecule has 0 aliphatic heterocycles. The van der Waals surface area contributed by atoms with Crippen LogP contribution in [0, 0.1) is 11.6 Å². The molecule has 0 aliphatic carbocycles. The summed E-state index contributed by atoms with van der Waals surface area (Å²) in [6, 6.07) is 12.5. The largest absolute Gasteiger partial charge is 0.359 e. The molecule has 4 heteroatoms. The second kappa shape index (κ2) is 6.80. The lowest BCUT2D eigenvalue weighted by atomic mass is 9.88. The molecule has 2 rings (SSSR count). The van der Waals surface area contributed by atoms with Crippen molar-refractivity contribution >= 4 is 6.41 Å². The first-order valence-electron chi connectivity index (χ1n) is 6.38. The topological polar surface area (TPSA) is 29.1 Å².